The van der Waals surface area contributed by atoms with Gasteiger partial charge in [0.1, 0.15) is 6.61 Å². The van der Waals surface area contributed by atoms with Crippen LogP contribution in [0.15, 0.2) is 23.3 Å². The summed E-state index contributed by atoms with van der Waals surface area (Å²) in [5.41, 5.74) is 2.43. The summed E-state index contributed by atoms with van der Waals surface area (Å²) in [5, 5.41) is 0. The van der Waals surface area contributed by atoms with E-state index in [1.54, 1.807) is 6.92 Å². The summed E-state index contributed by atoms with van der Waals surface area (Å²) >= 11 is 0. The van der Waals surface area contributed by atoms with Gasteiger partial charge in [-0.25, -0.2) is 0 Å². The highest BCUT2D eigenvalue weighted by atomic mass is 16.5. The Bertz CT molecular complexity index is 249. The molecule has 0 aromatic heterocycles. The summed E-state index contributed by atoms with van der Waals surface area (Å²) < 4.78 is 5.06. The Balaban J connectivity index is 4.02. The van der Waals surface area contributed by atoms with Crippen LogP contribution in [-0.2, 0) is 9.53 Å². The molecule has 0 aliphatic rings. The van der Waals surface area contributed by atoms with Gasteiger partial charge >= 0.3 is 5.97 Å². The Kier molecular flexibility index (Phi) is 7.69. The Morgan fingerprint density at radius 1 is 1.13 bits per heavy atom. The van der Waals surface area contributed by atoms with E-state index in [1.165, 1.54) is 5.57 Å². The van der Waals surface area contributed by atoms with Gasteiger partial charge in [0.15, 0.2) is 0 Å². The molecule has 0 atom stereocenters. The van der Waals surface area contributed by atoms with Gasteiger partial charge in [0.25, 0.3) is 0 Å². The van der Waals surface area contributed by atoms with Gasteiger partial charge in [-0.2, -0.15) is 0 Å². The van der Waals surface area contributed by atoms with E-state index in [-0.39, 0.29) is 5.97 Å². The molecule has 0 aromatic carbocycles. The summed E-state index contributed by atoms with van der Waals surface area (Å²) in [6, 6.07) is 0. The summed E-state index contributed by atoms with van der Waals surface area (Å²) in [6.45, 7) is 8.44. The number of ether oxygens (including phenoxy) is 1. The van der Waals surface area contributed by atoms with E-state index < -0.39 is 0 Å². The first-order valence-electron chi connectivity index (χ1n) is 5.57. The van der Waals surface area contributed by atoms with Gasteiger partial charge in [-0.15, -0.1) is 0 Å². The average molecular weight is 210 g/mol. The van der Waals surface area contributed by atoms with E-state index in [0.717, 1.165) is 18.4 Å². The van der Waals surface area contributed by atoms with E-state index >= 15 is 0 Å². The van der Waals surface area contributed by atoms with E-state index in [4.69, 9.17) is 4.74 Å². The third kappa shape index (κ3) is 6.95. The number of hydrogen-bond donors (Lipinski definition) is 0. The minimum Gasteiger partial charge on any atom is -0.461 e. The molecule has 0 radical (unpaired) electrons. The number of carbonyl (C=O) groups is 1. The molecule has 0 saturated heterocycles. The zero-order valence-corrected chi connectivity index (χ0v) is 10.3. The number of hydrogen-bond acceptors (Lipinski definition) is 2. The van der Waals surface area contributed by atoms with Crippen molar-refractivity contribution in [2.45, 2.75) is 47.0 Å². The number of rotatable bonds is 6. The van der Waals surface area contributed by atoms with Crippen molar-refractivity contribution in [3.8, 4) is 0 Å². The zero-order valence-electron chi connectivity index (χ0n) is 10.3. The molecule has 0 heterocycles. The highest BCUT2D eigenvalue weighted by Gasteiger charge is 2.00. The third-order valence-electron chi connectivity index (χ3n) is 2.29. The number of carbonyl (C=O) groups excluding carboxylic acids is 1. The third-order valence-corrected chi connectivity index (χ3v) is 2.29. The van der Waals surface area contributed by atoms with Crippen LogP contribution in [0.2, 0.25) is 0 Å². The first-order chi connectivity index (χ1) is 7.11. The molecule has 0 rings (SSSR count). The zero-order chi connectivity index (χ0) is 11.7. The highest BCUT2D eigenvalue weighted by molar-refractivity contribution is 5.69. The quantitative estimate of drug-likeness (QED) is 0.494. The first kappa shape index (κ1) is 13.9. The van der Waals surface area contributed by atoms with Gasteiger partial charge in [0, 0.05) is 6.42 Å². The molecule has 0 amide bonds. The van der Waals surface area contributed by atoms with E-state index in [2.05, 4.69) is 26.0 Å². The second kappa shape index (κ2) is 8.27. The van der Waals surface area contributed by atoms with Crippen LogP contribution in [0.25, 0.3) is 0 Å². The van der Waals surface area contributed by atoms with Crippen LogP contribution in [0, 0.1) is 0 Å². The van der Waals surface area contributed by atoms with Crippen molar-refractivity contribution in [1.82, 2.24) is 0 Å². The Morgan fingerprint density at radius 3 is 2.33 bits per heavy atom. The van der Waals surface area contributed by atoms with Crippen LogP contribution in [0.4, 0.5) is 0 Å². The maximum Gasteiger partial charge on any atom is 0.305 e. The van der Waals surface area contributed by atoms with E-state index in [1.807, 2.05) is 6.92 Å². The predicted molar refractivity (Wildman–Crippen MR) is 63.7 cm³/mol. The average Bonchev–Trinajstić information content (AvgIpc) is 2.25. The maximum atomic E-state index is 10.9. The van der Waals surface area contributed by atoms with Crippen LogP contribution in [-0.4, -0.2) is 12.6 Å². The van der Waals surface area contributed by atoms with Crippen LogP contribution >= 0.6 is 0 Å². The van der Waals surface area contributed by atoms with Gasteiger partial charge in [0.2, 0.25) is 0 Å². The Labute approximate surface area is 93.0 Å². The molecule has 0 N–H and O–H groups in total. The summed E-state index contributed by atoms with van der Waals surface area (Å²) in [6.07, 6.45) is 6.76. The summed E-state index contributed by atoms with van der Waals surface area (Å²) in [7, 11) is 0. The van der Waals surface area contributed by atoms with Crippen molar-refractivity contribution in [2.75, 3.05) is 6.61 Å². The molecule has 2 heteroatoms. The first-order valence-corrected chi connectivity index (χ1v) is 5.57. The Morgan fingerprint density at radius 2 is 1.80 bits per heavy atom. The molecule has 0 bridgehead atoms. The lowest BCUT2D eigenvalue weighted by atomic mass is 10.1. The normalized spacial score (nSPS) is 12.8. The minimum absolute atomic E-state index is 0.133. The summed E-state index contributed by atoms with van der Waals surface area (Å²) in [4.78, 5) is 10.9. The smallest absolute Gasteiger partial charge is 0.305 e. The van der Waals surface area contributed by atoms with Crippen molar-refractivity contribution in [3.05, 3.63) is 23.3 Å². The fourth-order valence-electron chi connectivity index (χ4n) is 1.02. The van der Waals surface area contributed by atoms with Crippen molar-refractivity contribution >= 4 is 5.97 Å². The maximum absolute atomic E-state index is 10.9. The lowest BCUT2D eigenvalue weighted by Crippen LogP contribution is -2.05. The second-order valence-corrected chi connectivity index (χ2v) is 3.66. The topological polar surface area (TPSA) is 26.3 Å². The lowest BCUT2D eigenvalue weighted by molar-refractivity contribution is -0.142. The number of allylic oxidation sites excluding steroid dienone is 3. The molecule has 2 nitrogen and oxygen atoms in total. The van der Waals surface area contributed by atoms with Gasteiger partial charge in [-0.3, -0.25) is 4.79 Å². The molecular formula is C13H22O2. The van der Waals surface area contributed by atoms with Gasteiger partial charge < -0.3 is 4.74 Å². The van der Waals surface area contributed by atoms with Crippen LogP contribution in [0.3, 0.4) is 0 Å². The molecule has 0 unspecified atom stereocenters. The van der Waals surface area contributed by atoms with E-state index in [9.17, 15) is 4.79 Å². The SMILES string of the molecule is CC/C=C/C/C(C)=C(\C)COC(=O)CC. The molecule has 0 aliphatic carbocycles. The standard InChI is InChI=1S/C13H22O2/c1-5-7-8-9-11(3)12(4)10-15-13(14)6-2/h7-8H,5-6,9-10H2,1-4H3/b8-7+,12-11+. The lowest BCUT2D eigenvalue weighted by Gasteiger charge is -2.06. The fourth-order valence-corrected chi connectivity index (χ4v) is 1.02. The second-order valence-electron chi connectivity index (χ2n) is 3.66. The highest BCUT2D eigenvalue weighted by Crippen LogP contribution is 2.09. The van der Waals surface area contributed by atoms with Crippen LogP contribution < -0.4 is 0 Å². The molecule has 0 spiro atoms. The summed E-state index contributed by atoms with van der Waals surface area (Å²) in [5.74, 6) is -0.133. The monoisotopic (exact) mass is 210 g/mol. The van der Waals surface area contributed by atoms with Crippen LogP contribution in [0.5, 0.6) is 0 Å². The number of esters is 1. The largest absolute Gasteiger partial charge is 0.461 e. The van der Waals surface area contributed by atoms with Gasteiger partial charge in [0.05, 0.1) is 0 Å². The fraction of sp³-hybridized carbons (Fsp3) is 0.615. The van der Waals surface area contributed by atoms with Crippen molar-refractivity contribution in [1.29, 1.82) is 0 Å². The van der Waals surface area contributed by atoms with Crippen molar-refractivity contribution in [2.24, 2.45) is 0 Å². The molecule has 86 valence electrons. The molecular weight excluding hydrogens is 188 g/mol. The van der Waals surface area contributed by atoms with Crippen molar-refractivity contribution < 1.29 is 9.53 Å². The molecule has 15 heavy (non-hydrogen) atoms. The van der Waals surface area contributed by atoms with Gasteiger partial charge in [-0.05, 0) is 32.3 Å². The molecule has 0 fully saturated rings. The molecule has 0 saturated carbocycles. The van der Waals surface area contributed by atoms with Crippen LogP contribution in [0.1, 0.15) is 47.0 Å². The Hall–Kier alpha value is -1.05. The molecule has 0 aromatic rings. The molecule has 0 aliphatic heterocycles. The van der Waals surface area contributed by atoms with Crippen molar-refractivity contribution in [3.63, 3.8) is 0 Å². The minimum atomic E-state index is -0.133. The van der Waals surface area contributed by atoms with Gasteiger partial charge in [-0.1, -0.05) is 31.6 Å². The predicted octanol–water partition coefficient (Wildman–Crippen LogP) is 3.63. The van der Waals surface area contributed by atoms with E-state index in [0.29, 0.717) is 13.0 Å².